The Bertz CT molecular complexity index is 409. The molecule has 19 heavy (non-hydrogen) atoms. The smallest absolute Gasteiger partial charge is 0.166 e. The predicted octanol–water partition coefficient (Wildman–Crippen LogP) is 2.01. The van der Waals surface area contributed by atoms with Crippen LogP contribution in [0.5, 0.6) is 0 Å². The van der Waals surface area contributed by atoms with E-state index in [2.05, 4.69) is 10.6 Å². The van der Waals surface area contributed by atoms with E-state index in [9.17, 15) is 8.78 Å². The van der Waals surface area contributed by atoms with Crippen molar-refractivity contribution in [1.29, 1.82) is 0 Å². The van der Waals surface area contributed by atoms with Crippen molar-refractivity contribution in [2.75, 3.05) is 20.3 Å². The summed E-state index contributed by atoms with van der Waals surface area (Å²) in [5, 5.41) is 6.52. The molecular formula is C13H18F2N2OS. The molecule has 0 heterocycles. The van der Waals surface area contributed by atoms with Gasteiger partial charge in [-0.05, 0) is 43.3 Å². The van der Waals surface area contributed by atoms with Gasteiger partial charge in [0.05, 0.1) is 6.61 Å². The molecule has 0 saturated carbocycles. The molecule has 3 nitrogen and oxygen atoms in total. The van der Waals surface area contributed by atoms with Crippen LogP contribution in [0.4, 0.5) is 8.78 Å². The van der Waals surface area contributed by atoms with Gasteiger partial charge in [-0.1, -0.05) is 0 Å². The second-order valence-electron chi connectivity index (χ2n) is 4.28. The summed E-state index contributed by atoms with van der Waals surface area (Å²) in [6.45, 7) is 3.00. The van der Waals surface area contributed by atoms with Crippen LogP contribution >= 0.6 is 12.2 Å². The van der Waals surface area contributed by atoms with Crippen LogP contribution in [0, 0.1) is 11.6 Å². The summed E-state index contributed by atoms with van der Waals surface area (Å²) in [5.74, 6) is -1.13. The van der Waals surface area contributed by atoms with E-state index in [0.29, 0.717) is 30.2 Å². The van der Waals surface area contributed by atoms with E-state index in [1.54, 1.807) is 7.11 Å². The maximum Gasteiger partial charge on any atom is 0.166 e. The molecule has 0 radical (unpaired) electrons. The summed E-state index contributed by atoms with van der Waals surface area (Å²) in [5.41, 5.74) is 0.595. The van der Waals surface area contributed by atoms with Crippen LogP contribution in [0.15, 0.2) is 18.2 Å². The normalized spacial score (nSPS) is 12.0. The first-order valence-corrected chi connectivity index (χ1v) is 6.40. The van der Waals surface area contributed by atoms with Crippen molar-refractivity contribution in [1.82, 2.24) is 10.6 Å². The lowest BCUT2D eigenvalue weighted by Gasteiger charge is -2.16. The molecule has 1 atom stereocenters. The molecule has 1 aromatic carbocycles. The van der Waals surface area contributed by atoms with Crippen LogP contribution in [-0.4, -0.2) is 31.4 Å². The second kappa shape index (κ2) is 8.01. The number of ether oxygens (including phenoxy) is 1. The van der Waals surface area contributed by atoms with Gasteiger partial charge >= 0.3 is 0 Å². The molecule has 1 rings (SSSR count). The number of thiocarbonyl (C=S) groups is 1. The Morgan fingerprint density at radius 3 is 2.53 bits per heavy atom. The van der Waals surface area contributed by atoms with Crippen LogP contribution < -0.4 is 10.6 Å². The third-order valence-corrected chi connectivity index (χ3v) is 2.68. The first-order chi connectivity index (χ1) is 9.01. The minimum absolute atomic E-state index is 0.108. The molecule has 0 aliphatic heterocycles. The molecule has 0 amide bonds. The topological polar surface area (TPSA) is 33.3 Å². The Labute approximate surface area is 117 Å². The van der Waals surface area contributed by atoms with E-state index in [0.717, 1.165) is 6.07 Å². The van der Waals surface area contributed by atoms with Gasteiger partial charge in [0.2, 0.25) is 0 Å². The Kier molecular flexibility index (Phi) is 6.66. The molecule has 0 saturated heterocycles. The quantitative estimate of drug-likeness (QED) is 0.785. The van der Waals surface area contributed by atoms with Crippen molar-refractivity contribution in [3.63, 3.8) is 0 Å². The lowest BCUT2D eigenvalue weighted by atomic mass is 10.1. The van der Waals surface area contributed by atoms with E-state index >= 15 is 0 Å². The van der Waals surface area contributed by atoms with Crippen molar-refractivity contribution in [2.24, 2.45) is 0 Å². The summed E-state index contributed by atoms with van der Waals surface area (Å²) < 4.78 is 30.9. The molecule has 0 spiro atoms. The maximum absolute atomic E-state index is 13.0. The van der Waals surface area contributed by atoms with E-state index < -0.39 is 11.6 Å². The summed E-state index contributed by atoms with van der Waals surface area (Å²) in [7, 11) is 1.62. The molecule has 0 aliphatic carbocycles. The molecule has 1 unspecified atom stereocenters. The number of hydrogen-bond donors (Lipinski definition) is 2. The third kappa shape index (κ3) is 6.45. The fourth-order valence-electron chi connectivity index (χ4n) is 1.64. The van der Waals surface area contributed by atoms with Crippen molar-refractivity contribution in [3.05, 3.63) is 35.4 Å². The highest BCUT2D eigenvalue weighted by atomic mass is 32.1. The Morgan fingerprint density at radius 2 is 1.95 bits per heavy atom. The number of methoxy groups -OCH3 is 1. The van der Waals surface area contributed by atoms with Crippen LogP contribution in [0.3, 0.4) is 0 Å². The fourth-order valence-corrected chi connectivity index (χ4v) is 1.95. The van der Waals surface area contributed by atoms with Gasteiger partial charge in [0, 0.05) is 25.8 Å². The zero-order valence-corrected chi connectivity index (χ0v) is 11.8. The standard InChI is InChI=1S/C13H18F2N2OS/c1-9(8-18-2)17-13(19)16-4-3-10-5-11(14)7-12(15)6-10/h5-7,9H,3-4,8H2,1-2H3,(H2,16,17,19). The van der Waals surface area contributed by atoms with Gasteiger partial charge in [-0.3, -0.25) is 0 Å². The van der Waals surface area contributed by atoms with E-state index in [1.165, 1.54) is 12.1 Å². The van der Waals surface area contributed by atoms with E-state index in [-0.39, 0.29) is 6.04 Å². The molecule has 1 aromatic rings. The molecule has 106 valence electrons. The molecule has 0 bridgehead atoms. The Morgan fingerprint density at radius 1 is 1.32 bits per heavy atom. The van der Waals surface area contributed by atoms with Crippen molar-refractivity contribution in [3.8, 4) is 0 Å². The lowest BCUT2D eigenvalue weighted by molar-refractivity contribution is 0.179. The molecule has 0 aromatic heterocycles. The highest BCUT2D eigenvalue weighted by molar-refractivity contribution is 7.80. The number of hydrogen-bond acceptors (Lipinski definition) is 2. The SMILES string of the molecule is COCC(C)NC(=S)NCCc1cc(F)cc(F)c1. The van der Waals surface area contributed by atoms with Gasteiger partial charge in [0.25, 0.3) is 0 Å². The summed E-state index contributed by atoms with van der Waals surface area (Å²) in [6, 6.07) is 3.59. The average Bonchev–Trinajstić information content (AvgIpc) is 2.27. The molecule has 0 aliphatic rings. The molecule has 0 fully saturated rings. The summed E-state index contributed by atoms with van der Waals surface area (Å²) in [4.78, 5) is 0. The minimum Gasteiger partial charge on any atom is -0.383 e. The predicted molar refractivity (Wildman–Crippen MR) is 75.1 cm³/mol. The van der Waals surface area contributed by atoms with Crippen molar-refractivity contribution in [2.45, 2.75) is 19.4 Å². The van der Waals surface area contributed by atoms with Crippen LogP contribution in [0.25, 0.3) is 0 Å². The first-order valence-electron chi connectivity index (χ1n) is 5.99. The maximum atomic E-state index is 13.0. The van der Waals surface area contributed by atoms with Gasteiger partial charge < -0.3 is 15.4 Å². The average molecular weight is 288 g/mol. The Balaban J connectivity index is 2.31. The van der Waals surface area contributed by atoms with Crippen molar-refractivity contribution >= 4 is 17.3 Å². The monoisotopic (exact) mass is 288 g/mol. The Hall–Kier alpha value is -1.27. The number of rotatable bonds is 6. The summed E-state index contributed by atoms with van der Waals surface area (Å²) >= 11 is 5.09. The number of halogens is 2. The molecule has 6 heteroatoms. The van der Waals surface area contributed by atoms with E-state index in [4.69, 9.17) is 17.0 Å². The highest BCUT2D eigenvalue weighted by Crippen LogP contribution is 2.07. The van der Waals surface area contributed by atoms with E-state index in [1.807, 2.05) is 6.92 Å². The van der Waals surface area contributed by atoms with Crippen LogP contribution in [0.2, 0.25) is 0 Å². The van der Waals surface area contributed by atoms with Crippen molar-refractivity contribution < 1.29 is 13.5 Å². The summed E-state index contributed by atoms with van der Waals surface area (Å²) in [6.07, 6.45) is 0.495. The second-order valence-corrected chi connectivity index (χ2v) is 4.69. The van der Waals surface area contributed by atoms with Gasteiger partial charge in [-0.25, -0.2) is 8.78 Å². The highest BCUT2D eigenvalue weighted by Gasteiger charge is 2.04. The van der Waals surface area contributed by atoms with Crippen LogP contribution in [0.1, 0.15) is 12.5 Å². The van der Waals surface area contributed by atoms with Gasteiger partial charge in [0.15, 0.2) is 5.11 Å². The van der Waals surface area contributed by atoms with Gasteiger partial charge in [-0.15, -0.1) is 0 Å². The van der Waals surface area contributed by atoms with Gasteiger partial charge in [0.1, 0.15) is 11.6 Å². The third-order valence-electron chi connectivity index (χ3n) is 2.42. The first kappa shape index (κ1) is 15.8. The number of nitrogens with one attached hydrogen (secondary N) is 2. The number of benzene rings is 1. The zero-order valence-electron chi connectivity index (χ0n) is 11.0. The zero-order chi connectivity index (χ0) is 14.3. The molecular weight excluding hydrogens is 270 g/mol. The van der Waals surface area contributed by atoms with Crippen LogP contribution in [-0.2, 0) is 11.2 Å². The van der Waals surface area contributed by atoms with Gasteiger partial charge in [-0.2, -0.15) is 0 Å². The fraction of sp³-hybridized carbons (Fsp3) is 0.462. The lowest BCUT2D eigenvalue weighted by Crippen LogP contribution is -2.43. The minimum atomic E-state index is -0.565. The molecule has 2 N–H and O–H groups in total. The largest absolute Gasteiger partial charge is 0.383 e.